The highest BCUT2D eigenvalue weighted by molar-refractivity contribution is 5.21. The first kappa shape index (κ1) is 15.2. The highest BCUT2D eigenvalue weighted by atomic mass is 14.8. The fourth-order valence-electron chi connectivity index (χ4n) is 2.68. The first-order valence-electron chi connectivity index (χ1n) is 7.39. The quantitative estimate of drug-likeness (QED) is 0.726. The van der Waals surface area contributed by atoms with Crippen molar-refractivity contribution >= 4 is 0 Å². The lowest BCUT2D eigenvalue weighted by molar-refractivity contribution is 0.344. The minimum Gasteiger partial charge on any atom is -0.319 e. The third-order valence-electron chi connectivity index (χ3n) is 3.96. The Morgan fingerprint density at radius 1 is 1.00 bits per heavy atom. The summed E-state index contributed by atoms with van der Waals surface area (Å²) in [5.41, 5.74) is 2.83. The van der Waals surface area contributed by atoms with Gasteiger partial charge in [0.2, 0.25) is 0 Å². The fraction of sp³-hybridized carbons (Fsp3) is 0.647. The molecule has 0 amide bonds. The lowest BCUT2D eigenvalue weighted by Crippen LogP contribution is -2.23. The van der Waals surface area contributed by atoms with E-state index in [-0.39, 0.29) is 0 Å². The zero-order chi connectivity index (χ0) is 13.4. The van der Waals surface area contributed by atoms with E-state index in [2.05, 4.69) is 57.4 Å². The molecule has 1 aromatic rings. The summed E-state index contributed by atoms with van der Waals surface area (Å²) in [6, 6.07) is 9.02. The molecular formula is C17H29N. The van der Waals surface area contributed by atoms with Crippen LogP contribution in [0.3, 0.4) is 0 Å². The summed E-state index contributed by atoms with van der Waals surface area (Å²) in [5.74, 6) is 1.65. The monoisotopic (exact) mass is 247 g/mol. The second-order valence-corrected chi connectivity index (χ2v) is 5.53. The highest BCUT2D eigenvalue weighted by Crippen LogP contribution is 2.22. The summed E-state index contributed by atoms with van der Waals surface area (Å²) in [4.78, 5) is 0. The van der Waals surface area contributed by atoms with Crippen LogP contribution < -0.4 is 5.32 Å². The molecule has 1 heteroatoms. The lowest BCUT2D eigenvalue weighted by atomic mass is 9.86. The number of nitrogens with one attached hydrogen (secondary N) is 1. The van der Waals surface area contributed by atoms with Gasteiger partial charge in [0.25, 0.3) is 0 Å². The topological polar surface area (TPSA) is 12.0 Å². The van der Waals surface area contributed by atoms with E-state index in [9.17, 15) is 0 Å². The van der Waals surface area contributed by atoms with Crippen molar-refractivity contribution < 1.29 is 0 Å². The van der Waals surface area contributed by atoms with Crippen LogP contribution in [0.4, 0.5) is 0 Å². The van der Waals surface area contributed by atoms with Gasteiger partial charge >= 0.3 is 0 Å². The van der Waals surface area contributed by atoms with E-state index in [1.807, 2.05) is 0 Å². The van der Waals surface area contributed by atoms with E-state index in [4.69, 9.17) is 0 Å². The molecule has 0 aliphatic carbocycles. The van der Waals surface area contributed by atoms with Crippen molar-refractivity contribution in [3.8, 4) is 0 Å². The van der Waals surface area contributed by atoms with E-state index in [0.29, 0.717) is 0 Å². The van der Waals surface area contributed by atoms with Gasteiger partial charge in [-0.25, -0.2) is 0 Å². The average molecular weight is 247 g/mol. The summed E-state index contributed by atoms with van der Waals surface area (Å²) in [6.45, 7) is 7.91. The first-order valence-corrected chi connectivity index (χ1v) is 7.39. The largest absolute Gasteiger partial charge is 0.319 e. The Hall–Kier alpha value is -0.820. The van der Waals surface area contributed by atoms with Crippen molar-refractivity contribution in [2.24, 2.45) is 11.8 Å². The number of benzene rings is 1. The molecule has 0 bridgehead atoms. The molecule has 0 aliphatic heterocycles. The smallest absolute Gasteiger partial charge is 0.00202 e. The molecule has 0 aromatic heterocycles. The van der Waals surface area contributed by atoms with Crippen LogP contribution in [0.15, 0.2) is 24.3 Å². The molecule has 1 rings (SSSR count). The minimum atomic E-state index is 0.766. The molecule has 18 heavy (non-hydrogen) atoms. The number of hydrogen-bond acceptors (Lipinski definition) is 1. The van der Waals surface area contributed by atoms with E-state index in [1.165, 1.54) is 36.8 Å². The Labute approximate surface area is 113 Å². The van der Waals surface area contributed by atoms with Gasteiger partial charge in [-0.1, -0.05) is 56.5 Å². The Morgan fingerprint density at radius 3 is 2.11 bits per heavy atom. The minimum absolute atomic E-state index is 0.766. The summed E-state index contributed by atoms with van der Waals surface area (Å²) >= 11 is 0. The van der Waals surface area contributed by atoms with E-state index in [1.54, 1.807) is 0 Å². The van der Waals surface area contributed by atoms with Crippen LogP contribution in [-0.4, -0.2) is 13.6 Å². The van der Waals surface area contributed by atoms with Crippen molar-refractivity contribution in [3.05, 3.63) is 35.4 Å². The van der Waals surface area contributed by atoms with Crippen LogP contribution in [0.5, 0.6) is 0 Å². The molecule has 1 atom stereocenters. The molecule has 0 fully saturated rings. The van der Waals surface area contributed by atoms with Gasteiger partial charge < -0.3 is 5.32 Å². The predicted molar refractivity (Wildman–Crippen MR) is 81.0 cm³/mol. The normalized spacial score (nSPS) is 12.9. The molecule has 0 saturated carbocycles. The zero-order valence-corrected chi connectivity index (χ0v) is 12.5. The second kappa shape index (κ2) is 8.31. The van der Waals surface area contributed by atoms with Crippen molar-refractivity contribution in [3.63, 3.8) is 0 Å². The standard InChI is InChI=1S/C17H29N/c1-5-15(6-2)11-17(13-18-4)12-16-9-7-14(3)8-10-16/h7-10,15,17-18H,5-6,11-13H2,1-4H3. The van der Waals surface area contributed by atoms with Crippen LogP contribution in [0.2, 0.25) is 0 Å². The third-order valence-corrected chi connectivity index (χ3v) is 3.96. The SMILES string of the molecule is CCC(CC)CC(CNC)Cc1ccc(C)cc1. The molecule has 1 N–H and O–H groups in total. The molecule has 0 aliphatic rings. The van der Waals surface area contributed by atoms with Gasteiger partial charge in [-0.15, -0.1) is 0 Å². The maximum atomic E-state index is 3.35. The van der Waals surface area contributed by atoms with Crippen molar-refractivity contribution in [1.29, 1.82) is 0 Å². The van der Waals surface area contributed by atoms with Crippen LogP contribution in [0.25, 0.3) is 0 Å². The summed E-state index contributed by atoms with van der Waals surface area (Å²) in [5, 5.41) is 3.35. The van der Waals surface area contributed by atoms with Crippen LogP contribution in [0, 0.1) is 18.8 Å². The van der Waals surface area contributed by atoms with Gasteiger partial charge in [0.15, 0.2) is 0 Å². The van der Waals surface area contributed by atoms with E-state index >= 15 is 0 Å². The molecule has 0 spiro atoms. The fourth-order valence-corrected chi connectivity index (χ4v) is 2.68. The van der Waals surface area contributed by atoms with Gasteiger partial charge in [0, 0.05) is 0 Å². The summed E-state index contributed by atoms with van der Waals surface area (Å²) in [7, 11) is 2.06. The van der Waals surface area contributed by atoms with E-state index < -0.39 is 0 Å². The summed E-state index contributed by atoms with van der Waals surface area (Å²) in [6.07, 6.45) is 5.18. The Bertz CT molecular complexity index is 311. The van der Waals surface area contributed by atoms with Gasteiger partial charge in [-0.3, -0.25) is 0 Å². The van der Waals surface area contributed by atoms with Crippen molar-refractivity contribution in [2.45, 2.75) is 46.5 Å². The Kier molecular flexibility index (Phi) is 7.04. The summed E-state index contributed by atoms with van der Waals surface area (Å²) < 4.78 is 0. The molecule has 1 nitrogen and oxygen atoms in total. The maximum Gasteiger partial charge on any atom is -0.00202 e. The van der Waals surface area contributed by atoms with Crippen molar-refractivity contribution in [1.82, 2.24) is 5.32 Å². The molecular weight excluding hydrogens is 218 g/mol. The van der Waals surface area contributed by atoms with Gasteiger partial charge in [0.1, 0.15) is 0 Å². The number of hydrogen-bond donors (Lipinski definition) is 1. The zero-order valence-electron chi connectivity index (χ0n) is 12.5. The van der Waals surface area contributed by atoms with E-state index in [0.717, 1.165) is 18.4 Å². The van der Waals surface area contributed by atoms with Crippen LogP contribution in [-0.2, 0) is 6.42 Å². The van der Waals surface area contributed by atoms with Crippen molar-refractivity contribution in [2.75, 3.05) is 13.6 Å². The van der Waals surface area contributed by atoms with Crippen LogP contribution in [0.1, 0.15) is 44.2 Å². The molecule has 0 saturated heterocycles. The van der Waals surface area contributed by atoms with Gasteiger partial charge in [-0.2, -0.15) is 0 Å². The lowest BCUT2D eigenvalue weighted by Gasteiger charge is -2.22. The third kappa shape index (κ3) is 5.22. The first-order chi connectivity index (χ1) is 8.69. The Morgan fingerprint density at radius 2 is 1.61 bits per heavy atom. The van der Waals surface area contributed by atoms with Crippen LogP contribution >= 0.6 is 0 Å². The molecule has 0 heterocycles. The number of rotatable bonds is 8. The second-order valence-electron chi connectivity index (χ2n) is 5.53. The molecule has 0 radical (unpaired) electrons. The molecule has 102 valence electrons. The average Bonchev–Trinajstić information content (AvgIpc) is 2.38. The maximum absolute atomic E-state index is 3.35. The molecule has 1 unspecified atom stereocenters. The highest BCUT2D eigenvalue weighted by Gasteiger charge is 2.14. The van der Waals surface area contributed by atoms with Gasteiger partial charge in [-0.05, 0) is 50.8 Å². The number of aryl methyl sites for hydroxylation is 1. The predicted octanol–water partition coefficient (Wildman–Crippen LogP) is 4.20. The van der Waals surface area contributed by atoms with Gasteiger partial charge in [0.05, 0.1) is 0 Å². The molecule has 1 aromatic carbocycles. The Balaban J connectivity index is 2.58.